The van der Waals surface area contributed by atoms with E-state index in [2.05, 4.69) is 15.6 Å². The Balaban J connectivity index is 1.59. The second-order valence-corrected chi connectivity index (χ2v) is 10.6. The summed E-state index contributed by atoms with van der Waals surface area (Å²) in [6, 6.07) is 27.0. The Kier molecular flexibility index (Phi) is 9.09. The van der Waals surface area contributed by atoms with Crippen molar-refractivity contribution in [1.29, 1.82) is 0 Å². The Labute approximate surface area is 256 Å². The minimum absolute atomic E-state index is 0.110. The van der Waals surface area contributed by atoms with Gasteiger partial charge in [-0.3, -0.25) is 9.59 Å². The van der Waals surface area contributed by atoms with Crippen LogP contribution >= 0.6 is 0 Å². The number of carbonyl (C=O) groups is 2. The van der Waals surface area contributed by atoms with Gasteiger partial charge in [-0.1, -0.05) is 47.7 Å². The lowest BCUT2D eigenvalue weighted by molar-refractivity contribution is -0.140. The average Bonchev–Trinajstić information content (AvgIpc) is 3.44. The molecule has 0 saturated heterocycles. The molecule has 4 aromatic carbocycles. The summed E-state index contributed by atoms with van der Waals surface area (Å²) in [5.74, 6) is 0.284. The summed E-state index contributed by atoms with van der Waals surface area (Å²) in [7, 11) is 6.99. The molecule has 0 saturated carbocycles. The molecule has 10 heteroatoms. The molecule has 0 fully saturated rings. The van der Waals surface area contributed by atoms with E-state index in [1.54, 1.807) is 34.9 Å². The van der Waals surface area contributed by atoms with Gasteiger partial charge in [-0.05, 0) is 72.1 Å². The number of fused-ring (bicyclic) bond motifs is 1. The lowest BCUT2D eigenvalue weighted by Gasteiger charge is -2.32. The SMILES string of the molecule is COc1ccc([C@H](C(=O)Nc2ccc(N(C)C)cc2)N(Cc2ccccc2C)C(=O)Cn2nnc3ccccc32)cc1OC. The second kappa shape index (κ2) is 13.3. The number of amides is 2. The highest BCUT2D eigenvalue weighted by Crippen LogP contribution is 2.34. The molecule has 5 rings (SSSR count). The van der Waals surface area contributed by atoms with Crippen LogP contribution in [-0.2, 0) is 22.7 Å². The zero-order valence-corrected chi connectivity index (χ0v) is 25.5. The number of methoxy groups -OCH3 is 2. The fraction of sp³-hybridized carbons (Fsp3) is 0.235. The summed E-state index contributed by atoms with van der Waals surface area (Å²) in [6.07, 6.45) is 0. The van der Waals surface area contributed by atoms with Gasteiger partial charge in [0.15, 0.2) is 11.5 Å². The minimum atomic E-state index is -1.02. The van der Waals surface area contributed by atoms with Crippen LogP contribution < -0.4 is 19.7 Å². The van der Waals surface area contributed by atoms with Gasteiger partial charge in [-0.25, -0.2) is 4.68 Å². The normalized spacial score (nSPS) is 11.6. The molecule has 5 aromatic rings. The first-order valence-electron chi connectivity index (χ1n) is 14.2. The van der Waals surface area contributed by atoms with Crippen molar-refractivity contribution in [3.8, 4) is 11.5 Å². The Morgan fingerprint density at radius 3 is 2.30 bits per heavy atom. The molecular weight excluding hydrogens is 556 g/mol. The van der Waals surface area contributed by atoms with Crippen molar-refractivity contribution < 1.29 is 19.1 Å². The Morgan fingerprint density at radius 2 is 1.59 bits per heavy atom. The fourth-order valence-corrected chi connectivity index (χ4v) is 5.10. The molecule has 1 aromatic heterocycles. The summed E-state index contributed by atoms with van der Waals surface area (Å²) in [5, 5.41) is 11.5. The van der Waals surface area contributed by atoms with Gasteiger partial charge >= 0.3 is 0 Å². The number of benzene rings is 4. The van der Waals surface area contributed by atoms with Crippen LogP contribution in [-0.4, -0.2) is 60.0 Å². The van der Waals surface area contributed by atoms with Gasteiger partial charge in [-0.2, -0.15) is 0 Å². The number of nitrogens with zero attached hydrogens (tertiary/aromatic N) is 5. The molecule has 1 atom stereocenters. The van der Waals surface area contributed by atoms with E-state index in [9.17, 15) is 9.59 Å². The number of nitrogens with one attached hydrogen (secondary N) is 1. The number of rotatable bonds is 11. The molecule has 2 amide bonds. The van der Waals surface area contributed by atoms with Gasteiger partial charge in [0.25, 0.3) is 5.91 Å². The monoisotopic (exact) mass is 592 g/mol. The Morgan fingerprint density at radius 1 is 0.886 bits per heavy atom. The van der Waals surface area contributed by atoms with Gasteiger partial charge in [0.1, 0.15) is 18.1 Å². The largest absolute Gasteiger partial charge is 0.493 e. The standard InChI is InChI=1S/C34H36N6O4/c1-23-10-6-7-11-25(23)21-39(32(41)22-40-29-13-9-8-12-28(29)36-37-40)33(24-14-19-30(43-4)31(20-24)44-5)34(42)35-26-15-17-27(18-16-26)38(2)3/h6-20,33H,21-22H2,1-5H3,(H,35,42)/t33-/m1/s1. The van der Waals surface area contributed by atoms with Gasteiger partial charge in [0.2, 0.25) is 5.91 Å². The first kappa shape index (κ1) is 30.1. The number of para-hydroxylation sites is 1. The number of anilines is 2. The number of hydrogen-bond donors (Lipinski definition) is 1. The summed E-state index contributed by atoms with van der Waals surface area (Å²) < 4.78 is 12.6. The Bertz CT molecular complexity index is 1770. The topological polar surface area (TPSA) is 102 Å². The number of hydrogen-bond acceptors (Lipinski definition) is 7. The van der Waals surface area contributed by atoms with Gasteiger partial charge in [0, 0.05) is 32.0 Å². The maximum absolute atomic E-state index is 14.3. The van der Waals surface area contributed by atoms with Crippen LogP contribution in [0.3, 0.4) is 0 Å². The van der Waals surface area contributed by atoms with Gasteiger partial charge < -0.3 is 24.6 Å². The number of aryl methyl sites for hydroxylation is 1. The molecule has 44 heavy (non-hydrogen) atoms. The summed E-state index contributed by atoms with van der Waals surface area (Å²) in [6.45, 7) is 2.06. The molecule has 0 bridgehead atoms. The first-order valence-corrected chi connectivity index (χ1v) is 14.2. The predicted molar refractivity (Wildman–Crippen MR) is 171 cm³/mol. The highest BCUT2D eigenvalue weighted by Gasteiger charge is 2.33. The van der Waals surface area contributed by atoms with E-state index in [1.807, 2.05) is 98.7 Å². The highest BCUT2D eigenvalue weighted by molar-refractivity contribution is 5.98. The Hall–Kier alpha value is -5.38. The third-order valence-corrected chi connectivity index (χ3v) is 7.56. The molecule has 0 unspecified atom stereocenters. The molecule has 0 radical (unpaired) electrons. The van der Waals surface area contributed by atoms with E-state index in [0.29, 0.717) is 28.3 Å². The van der Waals surface area contributed by atoms with Crippen LogP contribution in [0.5, 0.6) is 11.5 Å². The molecule has 1 N–H and O–H groups in total. The highest BCUT2D eigenvalue weighted by atomic mass is 16.5. The number of aromatic nitrogens is 3. The van der Waals surface area contributed by atoms with E-state index in [4.69, 9.17) is 9.47 Å². The number of carbonyl (C=O) groups excluding carboxylic acids is 2. The van der Waals surface area contributed by atoms with Crippen molar-refractivity contribution >= 4 is 34.2 Å². The third kappa shape index (κ3) is 6.49. The molecular formula is C34H36N6O4. The van der Waals surface area contributed by atoms with Crippen LogP contribution in [0.1, 0.15) is 22.7 Å². The maximum Gasteiger partial charge on any atom is 0.251 e. The lowest BCUT2D eigenvalue weighted by Crippen LogP contribution is -2.42. The summed E-state index contributed by atoms with van der Waals surface area (Å²) in [4.78, 5) is 32.2. The maximum atomic E-state index is 14.3. The zero-order chi connectivity index (χ0) is 31.2. The van der Waals surface area contributed by atoms with Crippen molar-refractivity contribution in [2.24, 2.45) is 0 Å². The average molecular weight is 593 g/mol. The van der Waals surface area contributed by atoms with Crippen LogP contribution in [0.2, 0.25) is 0 Å². The van der Waals surface area contributed by atoms with Crippen molar-refractivity contribution in [2.45, 2.75) is 26.1 Å². The quantitative estimate of drug-likeness (QED) is 0.224. The molecule has 0 aliphatic heterocycles. The van der Waals surface area contributed by atoms with Crippen molar-refractivity contribution in [2.75, 3.05) is 38.5 Å². The zero-order valence-electron chi connectivity index (χ0n) is 25.5. The van der Waals surface area contributed by atoms with Crippen molar-refractivity contribution in [3.63, 3.8) is 0 Å². The molecule has 226 valence electrons. The van der Waals surface area contributed by atoms with Crippen LogP contribution in [0.25, 0.3) is 11.0 Å². The first-order chi connectivity index (χ1) is 21.3. The second-order valence-electron chi connectivity index (χ2n) is 10.6. The van der Waals surface area contributed by atoms with E-state index >= 15 is 0 Å². The van der Waals surface area contributed by atoms with Gasteiger partial charge in [-0.15, -0.1) is 5.10 Å². The van der Waals surface area contributed by atoms with Crippen molar-refractivity contribution in [1.82, 2.24) is 19.9 Å². The van der Waals surface area contributed by atoms with Crippen LogP contribution in [0.4, 0.5) is 11.4 Å². The summed E-state index contributed by atoms with van der Waals surface area (Å²) >= 11 is 0. The molecule has 10 nitrogen and oxygen atoms in total. The molecule has 0 spiro atoms. The van der Waals surface area contributed by atoms with E-state index in [1.165, 1.54) is 7.11 Å². The fourth-order valence-electron chi connectivity index (χ4n) is 5.10. The van der Waals surface area contributed by atoms with Gasteiger partial charge in [0.05, 0.1) is 19.7 Å². The lowest BCUT2D eigenvalue weighted by atomic mass is 10.0. The predicted octanol–water partition coefficient (Wildman–Crippen LogP) is 5.23. The van der Waals surface area contributed by atoms with E-state index in [0.717, 1.165) is 22.3 Å². The van der Waals surface area contributed by atoms with Crippen LogP contribution in [0, 0.1) is 6.92 Å². The molecule has 1 heterocycles. The molecule has 0 aliphatic carbocycles. The summed E-state index contributed by atoms with van der Waals surface area (Å²) in [5.41, 5.74) is 5.49. The number of ether oxygens (including phenoxy) is 2. The smallest absolute Gasteiger partial charge is 0.251 e. The van der Waals surface area contributed by atoms with E-state index in [-0.39, 0.29) is 24.9 Å². The molecule has 0 aliphatic rings. The van der Waals surface area contributed by atoms with E-state index < -0.39 is 6.04 Å². The van der Waals surface area contributed by atoms with Crippen LogP contribution in [0.15, 0.2) is 91.0 Å². The van der Waals surface area contributed by atoms with Crippen molar-refractivity contribution in [3.05, 3.63) is 108 Å². The minimum Gasteiger partial charge on any atom is -0.493 e. The third-order valence-electron chi connectivity index (χ3n) is 7.56.